The van der Waals surface area contributed by atoms with E-state index in [2.05, 4.69) is 29.2 Å². The lowest BCUT2D eigenvalue weighted by Gasteiger charge is -2.34. The number of carbonyl (C=O) groups excluding carboxylic acids is 2. The van der Waals surface area contributed by atoms with Crippen LogP contribution in [0.25, 0.3) is 16.7 Å². The third kappa shape index (κ3) is 9.17. The van der Waals surface area contributed by atoms with Crippen molar-refractivity contribution in [3.8, 4) is 16.9 Å². The van der Waals surface area contributed by atoms with E-state index in [-0.39, 0.29) is 18.5 Å². The maximum absolute atomic E-state index is 14.6. The molecule has 2 amide bonds. The first kappa shape index (κ1) is 35.3. The topological polar surface area (TPSA) is 71.5 Å². The molecule has 0 atom stereocenters. The molecule has 49 heavy (non-hydrogen) atoms. The fraction of sp³-hybridized carbons (Fsp3) is 0.436. The van der Waals surface area contributed by atoms with E-state index in [9.17, 15) is 9.59 Å². The Labute approximate surface area is 299 Å². The molecule has 0 bridgehead atoms. The van der Waals surface area contributed by atoms with Crippen LogP contribution in [0.2, 0.25) is 10.0 Å². The minimum Gasteiger partial charge on any atom is -0.492 e. The van der Waals surface area contributed by atoms with Crippen molar-refractivity contribution in [3.63, 3.8) is 0 Å². The van der Waals surface area contributed by atoms with Gasteiger partial charge in [0.05, 0.1) is 29.8 Å². The molecule has 3 aromatic rings. The summed E-state index contributed by atoms with van der Waals surface area (Å²) in [6, 6.07) is 22.0. The molecule has 2 fully saturated rings. The molecule has 2 heterocycles. The number of ether oxygens (including phenoxy) is 3. The number of benzene rings is 3. The van der Waals surface area contributed by atoms with Gasteiger partial charge < -0.3 is 24.0 Å². The minimum absolute atomic E-state index is 0.0946. The van der Waals surface area contributed by atoms with Crippen LogP contribution in [-0.2, 0) is 20.8 Å². The third-order valence-electron chi connectivity index (χ3n) is 9.03. The van der Waals surface area contributed by atoms with Crippen LogP contribution in [0.5, 0.6) is 5.75 Å². The summed E-state index contributed by atoms with van der Waals surface area (Å²) < 4.78 is 17.3. The second-order valence-electron chi connectivity index (χ2n) is 13.9. The molecule has 1 saturated carbocycles. The van der Waals surface area contributed by atoms with Crippen LogP contribution in [0.3, 0.4) is 0 Å². The quantitative estimate of drug-likeness (QED) is 0.213. The number of carbonyl (C=O) groups is 2. The number of rotatable bonds is 10. The molecular weight excluding hydrogens is 661 g/mol. The lowest BCUT2D eigenvalue weighted by atomic mass is 9.90. The average molecular weight is 707 g/mol. The molecule has 260 valence electrons. The van der Waals surface area contributed by atoms with Crippen LogP contribution in [-0.4, -0.2) is 90.9 Å². The first-order chi connectivity index (χ1) is 23.6. The van der Waals surface area contributed by atoms with E-state index in [1.807, 2.05) is 62.1 Å². The molecule has 6 rings (SSSR count). The smallest absolute Gasteiger partial charge is 0.410 e. The Hall–Kier alpha value is -3.56. The molecule has 0 N–H and O–H groups in total. The summed E-state index contributed by atoms with van der Waals surface area (Å²) in [5.74, 6) is 0.722. The van der Waals surface area contributed by atoms with Gasteiger partial charge >= 0.3 is 6.09 Å². The molecule has 10 heteroatoms. The van der Waals surface area contributed by atoms with Gasteiger partial charge in [-0.3, -0.25) is 9.69 Å². The molecule has 1 aliphatic carbocycles. The molecule has 3 aliphatic rings. The Kier molecular flexibility index (Phi) is 11.2. The Balaban J connectivity index is 1.29. The van der Waals surface area contributed by atoms with Gasteiger partial charge in [-0.25, -0.2) is 4.79 Å². The van der Waals surface area contributed by atoms with Gasteiger partial charge in [-0.05, 0) is 92.1 Å². The number of halogens is 2. The Morgan fingerprint density at radius 3 is 2.35 bits per heavy atom. The third-order valence-corrected chi connectivity index (χ3v) is 9.89. The van der Waals surface area contributed by atoms with Crippen molar-refractivity contribution in [2.45, 2.75) is 58.2 Å². The maximum atomic E-state index is 14.6. The van der Waals surface area contributed by atoms with Gasteiger partial charge in [-0.2, -0.15) is 0 Å². The molecule has 2 aliphatic heterocycles. The Morgan fingerprint density at radius 2 is 1.61 bits per heavy atom. The number of hydrogen-bond acceptors (Lipinski definition) is 6. The van der Waals surface area contributed by atoms with Gasteiger partial charge in [-0.15, -0.1) is 0 Å². The fourth-order valence-corrected chi connectivity index (χ4v) is 6.69. The standard InChI is InChI=1S/C39H45Cl2N3O5/c1-39(2,3)49-38(46)43-16-15-33(34(26-43)37(45)44(31-13-14-31)25-30-10-6-12-35(40)36(30)41)29-9-4-7-27(23-29)28-8-5-11-32(24-28)48-22-19-42-17-20-47-21-18-42/h4-12,23-24,31H,13-22,25-26H2,1-3H3. The van der Waals surface area contributed by atoms with Crippen LogP contribution in [0.4, 0.5) is 4.79 Å². The van der Waals surface area contributed by atoms with Crippen molar-refractivity contribution >= 4 is 40.8 Å². The van der Waals surface area contributed by atoms with E-state index in [0.29, 0.717) is 41.7 Å². The van der Waals surface area contributed by atoms with Crippen LogP contribution >= 0.6 is 23.2 Å². The van der Waals surface area contributed by atoms with E-state index >= 15 is 0 Å². The maximum Gasteiger partial charge on any atom is 0.410 e. The van der Waals surface area contributed by atoms with Gasteiger partial charge in [0.15, 0.2) is 0 Å². The summed E-state index contributed by atoms with van der Waals surface area (Å²) >= 11 is 12.9. The highest BCUT2D eigenvalue weighted by molar-refractivity contribution is 6.42. The van der Waals surface area contributed by atoms with Gasteiger partial charge in [0.1, 0.15) is 18.0 Å². The summed E-state index contributed by atoms with van der Waals surface area (Å²) in [4.78, 5) is 33.8. The highest BCUT2D eigenvalue weighted by Crippen LogP contribution is 2.37. The van der Waals surface area contributed by atoms with E-state index < -0.39 is 11.7 Å². The van der Waals surface area contributed by atoms with Crippen molar-refractivity contribution in [2.24, 2.45) is 0 Å². The highest BCUT2D eigenvalue weighted by Gasteiger charge is 2.38. The van der Waals surface area contributed by atoms with Gasteiger partial charge in [0.2, 0.25) is 0 Å². The number of morpholine rings is 1. The Morgan fingerprint density at radius 1 is 0.918 bits per heavy atom. The van der Waals surface area contributed by atoms with Gasteiger partial charge in [0, 0.05) is 44.3 Å². The molecule has 0 spiro atoms. The summed E-state index contributed by atoms with van der Waals surface area (Å²) in [5.41, 5.74) is 4.69. The van der Waals surface area contributed by atoms with Crippen LogP contribution in [0.1, 0.15) is 51.2 Å². The van der Waals surface area contributed by atoms with E-state index in [4.69, 9.17) is 37.4 Å². The van der Waals surface area contributed by atoms with Crippen molar-refractivity contribution in [1.82, 2.24) is 14.7 Å². The molecule has 3 aromatic carbocycles. The first-order valence-electron chi connectivity index (χ1n) is 17.1. The van der Waals surface area contributed by atoms with Gasteiger partial charge in [0.25, 0.3) is 5.91 Å². The van der Waals surface area contributed by atoms with Crippen LogP contribution < -0.4 is 4.74 Å². The summed E-state index contributed by atoms with van der Waals surface area (Å²) in [6.07, 6.45) is 1.93. The van der Waals surface area contributed by atoms with Gasteiger partial charge in [-0.1, -0.05) is 65.7 Å². The normalized spacial score (nSPS) is 17.2. The molecule has 8 nitrogen and oxygen atoms in total. The average Bonchev–Trinajstić information content (AvgIpc) is 3.94. The highest BCUT2D eigenvalue weighted by atomic mass is 35.5. The second kappa shape index (κ2) is 15.5. The second-order valence-corrected chi connectivity index (χ2v) is 14.7. The SMILES string of the molecule is CC(C)(C)OC(=O)N1CCC(c2cccc(-c3cccc(OCCN4CCOCC4)c3)c2)=C(C(=O)N(Cc2cccc(Cl)c2Cl)C2CC2)C1. The first-order valence-corrected chi connectivity index (χ1v) is 17.9. The zero-order valence-electron chi connectivity index (χ0n) is 28.6. The Bertz CT molecular complexity index is 1690. The zero-order chi connectivity index (χ0) is 34.5. The van der Waals surface area contributed by atoms with Crippen molar-refractivity contribution in [1.29, 1.82) is 0 Å². The number of nitrogens with zero attached hydrogens (tertiary/aromatic N) is 3. The largest absolute Gasteiger partial charge is 0.492 e. The van der Waals surface area contributed by atoms with Crippen LogP contribution in [0, 0.1) is 0 Å². The van der Waals surface area contributed by atoms with Crippen molar-refractivity contribution in [2.75, 3.05) is 52.5 Å². The minimum atomic E-state index is -0.649. The predicted octanol–water partition coefficient (Wildman–Crippen LogP) is 7.96. The molecule has 0 aromatic heterocycles. The van der Waals surface area contributed by atoms with E-state index in [0.717, 1.165) is 79.3 Å². The predicted molar refractivity (Wildman–Crippen MR) is 194 cm³/mol. The monoisotopic (exact) mass is 705 g/mol. The lowest BCUT2D eigenvalue weighted by molar-refractivity contribution is -0.128. The fourth-order valence-electron chi connectivity index (χ4n) is 6.31. The summed E-state index contributed by atoms with van der Waals surface area (Å²) in [7, 11) is 0. The van der Waals surface area contributed by atoms with Crippen LogP contribution in [0.15, 0.2) is 72.3 Å². The summed E-state index contributed by atoms with van der Waals surface area (Å²) in [5, 5.41) is 0.912. The molecule has 0 radical (unpaired) electrons. The summed E-state index contributed by atoms with van der Waals surface area (Å²) in [6.45, 7) is 11.3. The lowest BCUT2D eigenvalue weighted by Crippen LogP contribution is -2.44. The zero-order valence-corrected chi connectivity index (χ0v) is 30.1. The molecule has 1 saturated heterocycles. The van der Waals surface area contributed by atoms with E-state index in [1.54, 1.807) is 11.0 Å². The van der Waals surface area contributed by atoms with E-state index in [1.165, 1.54) is 0 Å². The molecule has 0 unspecified atom stereocenters. The number of hydrogen-bond donors (Lipinski definition) is 0. The number of amides is 2. The molecular formula is C39H45Cl2N3O5. The van der Waals surface area contributed by atoms with Crippen molar-refractivity contribution in [3.05, 3.63) is 93.5 Å². The van der Waals surface area contributed by atoms with Crippen molar-refractivity contribution < 1.29 is 23.8 Å².